The van der Waals surface area contributed by atoms with Gasteiger partial charge in [-0.3, -0.25) is 4.79 Å². The molecule has 4 aromatic rings. The van der Waals surface area contributed by atoms with E-state index < -0.39 is 0 Å². The first kappa shape index (κ1) is 19.0. The molecule has 1 aliphatic rings. The fraction of sp³-hybridized carbons (Fsp3) is 0.200. The second-order valence-electron chi connectivity index (χ2n) is 7.92. The number of nitrogens with one attached hydrogen (secondary N) is 1. The van der Waals surface area contributed by atoms with Crippen LogP contribution in [0, 0.1) is 25.2 Å². The molecule has 0 bridgehead atoms. The van der Waals surface area contributed by atoms with Crippen LogP contribution in [0.3, 0.4) is 0 Å². The van der Waals surface area contributed by atoms with Crippen LogP contribution < -0.4 is 5.32 Å². The number of hydrogen-bond donors (Lipinski definition) is 1. The molecule has 0 aliphatic heterocycles. The maximum Gasteiger partial charge on any atom is 0.224 e. The third-order valence-electron chi connectivity index (χ3n) is 6.01. The smallest absolute Gasteiger partial charge is 0.224 e. The second kappa shape index (κ2) is 7.37. The minimum atomic E-state index is -0.0386. The summed E-state index contributed by atoms with van der Waals surface area (Å²) in [6, 6.07) is 16.7. The molecule has 31 heavy (non-hydrogen) atoms. The highest BCUT2D eigenvalue weighted by atomic mass is 16.1. The molecule has 0 radical (unpaired) electrons. The van der Waals surface area contributed by atoms with Gasteiger partial charge in [0.05, 0.1) is 6.20 Å². The van der Waals surface area contributed by atoms with Crippen molar-refractivity contribution < 1.29 is 4.79 Å². The second-order valence-corrected chi connectivity index (χ2v) is 7.92. The number of nitrogens with zero attached hydrogens (tertiary/aromatic N) is 4. The van der Waals surface area contributed by atoms with Crippen molar-refractivity contribution in [3.05, 3.63) is 82.3 Å². The lowest BCUT2D eigenvalue weighted by atomic mass is 10.0. The Labute approximate surface area is 180 Å². The van der Waals surface area contributed by atoms with E-state index in [1.165, 1.54) is 28.5 Å². The quantitative estimate of drug-likeness (QED) is 0.480. The van der Waals surface area contributed by atoms with Gasteiger partial charge < -0.3 is 5.32 Å². The van der Waals surface area contributed by atoms with Crippen LogP contribution in [-0.2, 0) is 17.6 Å². The van der Waals surface area contributed by atoms with Crippen molar-refractivity contribution in [3.8, 4) is 17.2 Å². The number of rotatable bonds is 4. The predicted molar refractivity (Wildman–Crippen MR) is 119 cm³/mol. The monoisotopic (exact) mass is 407 g/mol. The van der Waals surface area contributed by atoms with Crippen molar-refractivity contribution in [1.82, 2.24) is 14.6 Å². The van der Waals surface area contributed by atoms with Crippen molar-refractivity contribution in [2.24, 2.45) is 0 Å². The van der Waals surface area contributed by atoms with Gasteiger partial charge in [0.15, 0.2) is 5.65 Å². The largest absolute Gasteiger partial charge is 0.326 e. The summed E-state index contributed by atoms with van der Waals surface area (Å²) in [5, 5.41) is 16.5. The molecule has 1 amide bonds. The van der Waals surface area contributed by atoms with Crippen LogP contribution in [0.15, 0.2) is 48.7 Å². The molecule has 0 spiro atoms. The number of carbonyl (C=O) groups is 1. The standard InChI is InChI=1S/C25H21N5O/c1-15-21(16(2)30-25(28-15)19(13-26)14-27-30)9-10-24(31)29-20-8-7-18-11-17-5-3-4-6-22(17)23(18)12-20/h3-8,12,14H,9-11H2,1-2H3,(H,29,31). The molecule has 5 rings (SSSR count). The molecular weight excluding hydrogens is 386 g/mol. The highest BCUT2D eigenvalue weighted by Crippen LogP contribution is 2.37. The van der Waals surface area contributed by atoms with Gasteiger partial charge in [-0.1, -0.05) is 30.3 Å². The maximum absolute atomic E-state index is 12.7. The molecule has 152 valence electrons. The van der Waals surface area contributed by atoms with Gasteiger partial charge >= 0.3 is 0 Å². The van der Waals surface area contributed by atoms with Crippen LogP contribution >= 0.6 is 0 Å². The van der Waals surface area contributed by atoms with Crippen LogP contribution in [0.2, 0.25) is 0 Å². The summed E-state index contributed by atoms with van der Waals surface area (Å²) in [5.74, 6) is -0.0386. The van der Waals surface area contributed by atoms with E-state index in [2.05, 4.69) is 51.8 Å². The van der Waals surface area contributed by atoms with Crippen LogP contribution in [-0.4, -0.2) is 20.5 Å². The van der Waals surface area contributed by atoms with E-state index in [-0.39, 0.29) is 5.91 Å². The van der Waals surface area contributed by atoms with Crippen LogP contribution in [0.25, 0.3) is 16.8 Å². The lowest BCUT2D eigenvalue weighted by Gasteiger charge is -2.12. The van der Waals surface area contributed by atoms with Gasteiger partial charge in [0, 0.05) is 23.5 Å². The third kappa shape index (κ3) is 3.24. The molecule has 6 heteroatoms. The van der Waals surface area contributed by atoms with Gasteiger partial charge in [0.25, 0.3) is 0 Å². The summed E-state index contributed by atoms with van der Waals surface area (Å²) >= 11 is 0. The summed E-state index contributed by atoms with van der Waals surface area (Å²) in [5.41, 5.74) is 9.60. The molecule has 0 unspecified atom stereocenters. The van der Waals surface area contributed by atoms with E-state index in [0.717, 1.165) is 29.1 Å². The summed E-state index contributed by atoms with van der Waals surface area (Å²) in [6.45, 7) is 3.85. The summed E-state index contributed by atoms with van der Waals surface area (Å²) in [4.78, 5) is 17.2. The van der Waals surface area contributed by atoms with Gasteiger partial charge in [0.1, 0.15) is 11.6 Å². The predicted octanol–water partition coefficient (Wildman–Crippen LogP) is 4.36. The number of fused-ring (bicyclic) bond motifs is 4. The van der Waals surface area contributed by atoms with E-state index >= 15 is 0 Å². The van der Waals surface area contributed by atoms with E-state index in [1.807, 2.05) is 26.0 Å². The topological polar surface area (TPSA) is 83.1 Å². The van der Waals surface area contributed by atoms with Crippen molar-refractivity contribution in [3.63, 3.8) is 0 Å². The Balaban J connectivity index is 1.32. The number of aryl methyl sites for hydroxylation is 2. The zero-order valence-corrected chi connectivity index (χ0v) is 17.4. The van der Waals surface area contributed by atoms with E-state index in [1.54, 1.807) is 4.52 Å². The molecule has 1 aliphatic carbocycles. The molecule has 6 nitrogen and oxygen atoms in total. The summed E-state index contributed by atoms with van der Waals surface area (Å²) in [7, 11) is 0. The molecule has 0 fully saturated rings. The summed E-state index contributed by atoms with van der Waals surface area (Å²) < 4.78 is 1.68. The zero-order valence-electron chi connectivity index (χ0n) is 17.4. The van der Waals surface area contributed by atoms with Crippen LogP contribution in [0.5, 0.6) is 0 Å². The van der Waals surface area contributed by atoms with Gasteiger partial charge in [-0.15, -0.1) is 0 Å². The van der Waals surface area contributed by atoms with Crippen molar-refractivity contribution >= 4 is 17.2 Å². The molecule has 0 saturated heterocycles. The van der Waals surface area contributed by atoms with Gasteiger partial charge in [0.2, 0.25) is 5.91 Å². The Morgan fingerprint density at radius 2 is 1.97 bits per heavy atom. The number of anilines is 1. The number of carbonyl (C=O) groups excluding carboxylic acids is 1. The van der Waals surface area contributed by atoms with E-state index in [0.29, 0.717) is 24.1 Å². The summed E-state index contributed by atoms with van der Waals surface area (Å²) in [6.07, 6.45) is 3.36. The average molecular weight is 407 g/mol. The Bertz CT molecular complexity index is 1390. The minimum Gasteiger partial charge on any atom is -0.326 e. The SMILES string of the molecule is Cc1nc2c(C#N)cnn2c(C)c1CCC(=O)Nc1ccc2c(c1)-c1ccccc1C2. The minimum absolute atomic E-state index is 0.0386. The number of amides is 1. The number of nitriles is 1. The van der Waals surface area contributed by atoms with Gasteiger partial charge in [-0.2, -0.15) is 10.4 Å². The fourth-order valence-corrected chi connectivity index (χ4v) is 4.42. The molecule has 2 heterocycles. The van der Waals surface area contributed by atoms with Crippen LogP contribution in [0.4, 0.5) is 5.69 Å². The first-order valence-corrected chi connectivity index (χ1v) is 10.3. The van der Waals surface area contributed by atoms with Crippen molar-refractivity contribution in [2.45, 2.75) is 33.1 Å². The van der Waals surface area contributed by atoms with Crippen molar-refractivity contribution in [2.75, 3.05) is 5.32 Å². The lowest BCUT2D eigenvalue weighted by Crippen LogP contribution is -2.14. The zero-order chi connectivity index (χ0) is 21.5. The van der Waals surface area contributed by atoms with Crippen LogP contribution in [0.1, 0.15) is 40.1 Å². The molecule has 2 aromatic heterocycles. The normalized spacial score (nSPS) is 11.8. The fourth-order valence-electron chi connectivity index (χ4n) is 4.42. The molecule has 0 saturated carbocycles. The first-order valence-electron chi connectivity index (χ1n) is 10.3. The lowest BCUT2D eigenvalue weighted by molar-refractivity contribution is -0.116. The van der Waals surface area contributed by atoms with E-state index in [9.17, 15) is 10.1 Å². The van der Waals surface area contributed by atoms with Crippen molar-refractivity contribution in [1.29, 1.82) is 5.26 Å². The molecular formula is C25H21N5O. The van der Waals surface area contributed by atoms with Gasteiger partial charge in [-0.25, -0.2) is 9.50 Å². The Kier molecular flexibility index (Phi) is 4.52. The van der Waals surface area contributed by atoms with E-state index in [4.69, 9.17) is 0 Å². The highest BCUT2D eigenvalue weighted by Gasteiger charge is 2.19. The molecule has 1 N–H and O–H groups in total. The third-order valence-corrected chi connectivity index (χ3v) is 6.01. The maximum atomic E-state index is 12.7. The average Bonchev–Trinajstić information content (AvgIpc) is 3.34. The molecule has 0 atom stereocenters. The number of hydrogen-bond acceptors (Lipinski definition) is 4. The highest BCUT2D eigenvalue weighted by molar-refractivity contribution is 5.92. The number of aromatic nitrogens is 3. The van der Waals surface area contributed by atoms with Gasteiger partial charge in [-0.05, 0) is 66.6 Å². The first-order chi connectivity index (χ1) is 15.0. The number of benzene rings is 2. The Hall–Kier alpha value is -3.98. The Morgan fingerprint density at radius 3 is 2.81 bits per heavy atom. The molecule has 2 aromatic carbocycles. The Morgan fingerprint density at radius 1 is 1.16 bits per heavy atom.